The second-order valence-electron chi connectivity index (χ2n) is 3.94. The van der Waals surface area contributed by atoms with Gasteiger partial charge in [-0.3, -0.25) is 4.79 Å². The Morgan fingerprint density at radius 2 is 1.94 bits per heavy atom. The van der Waals surface area contributed by atoms with E-state index in [0.29, 0.717) is 17.7 Å². The van der Waals surface area contributed by atoms with Gasteiger partial charge in [-0.1, -0.05) is 15.9 Å². The van der Waals surface area contributed by atoms with Crippen molar-refractivity contribution in [2.45, 2.75) is 6.42 Å². The Labute approximate surface area is 114 Å². The first-order valence-corrected chi connectivity index (χ1v) is 6.24. The second-order valence-corrected chi connectivity index (χ2v) is 4.86. The zero-order valence-corrected chi connectivity index (χ0v) is 11.4. The summed E-state index contributed by atoms with van der Waals surface area (Å²) in [5.41, 5.74) is 2.09. The van der Waals surface area contributed by atoms with Crippen molar-refractivity contribution in [3.05, 3.63) is 57.8 Å². The van der Waals surface area contributed by atoms with E-state index >= 15 is 0 Å². The molecule has 4 heteroatoms. The maximum Gasteiger partial charge on any atom is 0.209 e. The van der Waals surface area contributed by atoms with Crippen LogP contribution in [0, 0.1) is 11.3 Å². The molecule has 0 aliphatic heterocycles. The van der Waals surface area contributed by atoms with Gasteiger partial charge < -0.3 is 4.57 Å². The molecule has 0 spiro atoms. The lowest BCUT2D eigenvalue weighted by atomic mass is 10.1. The number of nitrogens with zero attached hydrogens (tertiary/aromatic N) is 2. The van der Waals surface area contributed by atoms with E-state index in [9.17, 15) is 4.79 Å². The number of hydrogen-bond acceptors (Lipinski definition) is 2. The lowest BCUT2D eigenvalue weighted by Gasteiger charge is -2.05. The first-order chi connectivity index (χ1) is 8.63. The fourth-order valence-corrected chi connectivity index (χ4v) is 2.05. The van der Waals surface area contributed by atoms with Crippen LogP contribution in [0.4, 0.5) is 0 Å². The number of rotatable bonds is 3. The molecule has 3 nitrogen and oxygen atoms in total. The molecule has 2 aromatic rings. The van der Waals surface area contributed by atoms with Crippen LogP contribution in [0.2, 0.25) is 0 Å². The van der Waals surface area contributed by atoms with Gasteiger partial charge in [-0.15, -0.1) is 0 Å². The third-order valence-corrected chi connectivity index (χ3v) is 3.35. The van der Waals surface area contributed by atoms with Crippen molar-refractivity contribution in [3.63, 3.8) is 0 Å². The number of nitriles is 1. The van der Waals surface area contributed by atoms with Crippen molar-refractivity contribution in [2.24, 2.45) is 7.05 Å². The minimum absolute atomic E-state index is 0.0332. The van der Waals surface area contributed by atoms with Crippen molar-refractivity contribution in [1.82, 2.24) is 4.57 Å². The molecule has 0 amide bonds. The molecule has 0 fully saturated rings. The highest BCUT2D eigenvalue weighted by molar-refractivity contribution is 9.10. The van der Waals surface area contributed by atoms with Crippen molar-refractivity contribution in [1.29, 1.82) is 5.26 Å². The molecule has 0 aliphatic carbocycles. The number of carbonyl (C=O) groups excluding carboxylic acids is 1. The van der Waals surface area contributed by atoms with E-state index in [1.54, 1.807) is 29.8 Å². The highest BCUT2D eigenvalue weighted by Crippen LogP contribution is 2.16. The van der Waals surface area contributed by atoms with E-state index in [4.69, 9.17) is 5.26 Å². The Hall–Kier alpha value is -1.86. The molecule has 1 aromatic heterocycles. The van der Waals surface area contributed by atoms with Crippen LogP contribution in [0.3, 0.4) is 0 Å². The highest BCUT2D eigenvalue weighted by atomic mass is 79.9. The van der Waals surface area contributed by atoms with Gasteiger partial charge in [0, 0.05) is 22.8 Å². The van der Waals surface area contributed by atoms with Gasteiger partial charge in [0.1, 0.15) is 0 Å². The summed E-state index contributed by atoms with van der Waals surface area (Å²) < 4.78 is 2.71. The maximum absolute atomic E-state index is 12.3. The molecule has 1 heterocycles. The summed E-state index contributed by atoms with van der Waals surface area (Å²) in [6.07, 6.45) is 0.310. The van der Waals surface area contributed by atoms with Gasteiger partial charge in [-0.25, -0.2) is 0 Å². The van der Waals surface area contributed by atoms with Gasteiger partial charge >= 0.3 is 0 Å². The largest absolute Gasteiger partial charge is 0.344 e. The molecular weight excluding hydrogens is 292 g/mol. The Kier molecular flexibility index (Phi) is 3.63. The summed E-state index contributed by atoms with van der Waals surface area (Å²) in [5.74, 6) is -0.0332. The molecule has 0 atom stereocenters. The van der Waals surface area contributed by atoms with Crippen LogP contribution < -0.4 is 0 Å². The average molecular weight is 303 g/mol. The van der Waals surface area contributed by atoms with Crippen LogP contribution in [0.25, 0.3) is 0 Å². The Morgan fingerprint density at radius 3 is 2.56 bits per heavy atom. The van der Waals surface area contributed by atoms with E-state index in [-0.39, 0.29) is 5.78 Å². The number of carbonyl (C=O) groups is 1. The number of ketones is 1. The third-order valence-electron chi connectivity index (χ3n) is 2.82. The quantitative estimate of drug-likeness (QED) is 0.818. The molecule has 0 bridgehead atoms. The van der Waals surface area contributed by atoms with Crippen LogP contribution in [-0.4, -0.2) is 10.4 Å². The van der Waals surface area contributed by atoms with Gasteiger partial charge in [0.25, 0.3) is 0 Å². The van der Waals surface area contributed by atoms with Crippen LogP contribution in [0.1, 0.15) is 21.7 Å². The number of aromatic nitrogens is 1. The molecule has 18 heavy (non-hydrogen) atoms. The van der Waals surface area contributed by atoms with Gasteiger partial charge in [0.15, 0.2) is 0 Å². The van der Waals surface area contributed by atoms with Gasteiger partial charge in [-0.05, 0) is 36.4 Å². The van der Waals surface area contributed by atoms with Crippen LogP contribution in [-0.2, 0) is 13.5 Å². The lowest BCUT2D eigenvalue weighted by molar-refractivity contribution is 0.103. The standard InChI is InChI=1S/C14H11BrN2O/c1-17-12(8-9-16)6-7-13(17)14(18)10-2-4-11(15)5-3-10/h2-7H,8H2,1H3. The van der Waals surface area contributed by atoms with E-state index in [1.165, 1.54) is 0 Å². The summed E-state index contributed by atoms with van der Waals surface area (Å²) >= 11 is 3.34. The van der Waals surface area contributed by atoms with Crippen LogP contribution >= 0.6 is 15.9 Å². The zero-order valence-electron chi connectivity index (χ0n) is 9.85. The predicted octanol–water partition coefficient (Wildman–Crippen LogP) is 3.08. The van der Waals surface area contributed by atoms with E-state index in [2.05, 4.69) is 22.0 Å². The summed E-state index contributed by atoms with van der Waals surface area (Å²) in [4.78, 5) is 12.3. The Bertz CT molecular complexity index is 620. The monoisotopic (exact) mass is 302 g/mol. The number of benzene rings is 1. The summed E-state index contributed by atoms with van der Waals surface area (Å²) in [6.45, 7) is 0. The predicted molar refractivity (Wildman–Crippen MR) is 72.3 cm³/mol. The van der Waals surface area contributed by atoms with E-state index in [0.717, 1.165) is 10.2 Å². The molecule has 0 aliphatic rings. The average Bonchev–Trinajstić information content (AvgIpc) is 2.72. The van der Waals surface area contributed by atoms with Gasteiger partial charge in [0.05, 0.1) is 18.2 Å². The van der Waals surface area contributed by atoms with Crippen molar-refractivity contribution in [2.75, 3.05) is 0 Å². The SMILES string of the molecule is Cn1c(CC#N)ccc1C(=O)c1ccc(Br)cc1. The van der Waals surface area contributed by atoms with Gasteiger partial charge in [0.2, 0.25) is 5.78 Å². The minimum atomic E-state index is -0.0332. The summed E-state index contributed by atoms with van der Waals surface area (Å²) in [6, 6.07) is 12.9. The maximum atomic E-state index is 12.3. The normalized spacial score (nSPS) is 10.1. The zero-order chi connectivity index (χ0) is 13.1. The van der Waals surface area contributed by atoms with Crippen molar-refractivity contribution in [3.8, 4) is 6.07 Å². The molecule has 2 rings (SSSR count). The number of halogens is 1. The van der Waals surface area contributed by atoms with E-state index in [1.807, 2.05) is 18.2 Å². The first kappa shape index (κ1) is 12.6. The van der Waals surface area contributed by atoms with E-state index < -0.39 is 0 Å². The molecular formula is C14H11BrN2O. The Balaban J connectivity index is 2.35. The third kappa shape index (κ3) is 2.36. The minimum Gasteiger partial charge on any atom is -0.344 e. The van der Waals surface area contributed by atoms with Crippen molar-refractivity contribution < 1.29 is 4.79 Å². The second kappa shape index (κ2) is 5.19. The highest BCUT2D eigenvalue weighted by Gasteiger charge is 2.14. The molecule has 0 radical (unpaired) electrons. The van der Waals surface area contributed by atoms with Gasteiger partial charge in [-0.2, -0.15) is 5.26 Å². The molecule has 0 saturated heterocycles. The molecule has 0 unspecified atom stereocenters. The number of hydrogen-bond donors (Lipinski definition) is 0. The fraction of sp³-hybridized carbons (Fsp3) is 0.143. The summed E-state index contributed by atoms with van der Waals surface area (Å²) in [7, 11) is 1.80. The van der Waals surface area contributed by atoms with Crippen molar-refractivity contribution >= 4 is 21.7 Å². The smallest absolute Gasteiger partial charge is 0.209 e. The molecule has 90 valence electrons. The van der Waals surface area contributed by atoms with Crippen LogP contribution in [0.5, 0.6) is 0 Å². The summed E-state index contributed by atoms with van der Waals surface area (Å²) in [5, 5.41) is 8.69. The molecule has 0 N–H and O–H groups in total. The van der Waals surface area contributed by atoms with Crippen LogP contribution in [0.15, 0.2) is 40.9 Å². The first-order valence-electron chi connectivity index (χ1n) is 5.45. The Morgan fingerprint density at radius 1 is 1.28 bits per heavy atom. The lowest BCUT2D eigenvalue weighted by Crippen LogP contribution is -2.09. The topological polar surface area (TPSA) is 45.8 Å². The molecule has 1 aromatic carbocycles. The fourth-order valence-electron chi connectivity index (χ4n) is 1.79. The molecule has 0 saturated carbocycles.